The fraction of sp³-hybridized carbons (Fsp3) is 0.188. The zero-order valence-corrected chi connectivity index (χ0v) is 11.5. The van der Waals surface area contributed by atoms with Gasteiger partial charge in [0.15, 0.2) is 11.6 Å². The number of hydrogen-bond donors (Lipinski definition) is 1. The quantitative estimate of drug-likeness (QED) is 0.919. The van der Waals surface area contributed by atoms with Crippen LogP contribution in [0, 0.1) is 23.0 Å². The van der Waals surface area contributed by atoms with Gasteiger partial charge in [0, 0.05) is 17.7 Å². The van der Waals surface area contributed by atoms with Crippen LogP contribution in [-0.4, -0.2) is 7.05 Å². The molecule has 0 aliphatic heterocycles. The van der Waals surface area contributed by atoms with Gasteiger partial charge in [-0.05, 0) is 31.3 Å². The molecule has 0 aliphatic carbocycles. The van der Waals surface area contributed by atoms with Crippen molar-refractivity contribution in [2.75, 3.05) is 7.05 Å². The van der Waals surface area contributed by atoms with Gasteiger partial charge in [-0.3, -0.25) is 0 Å². The van der Waals surface area contributed by atoms with Crippen molar-refractivity contribution in [1.82, 2.24) is 5.32 Å². The summed E-state index contributed by atoms with van der Waals surface area (Å²) in [5.74, 6) is -0.895. The van der Waals surface area contributed by atoms with Gasteiger partial charge in [-0.1, -0.05) is 12.1 Å². The maximum absolute atomic E-state index is 13.8. The number of nitriles is 1. The number of hydrogen-bond acceptors (Lipinski definition) is 3. The molecule has 0 amide bonds. The Balaban J connectivity index is 2.22. The molecule has 0 radical (unpaired) electrons. The van der Waals surface area contributed by atoms with Crippen LogP contribution in [0.4, 0.5) is 8.78 Å². The highest BCUT2D eigenvalue weighted by Gasteiger charge is 2.11. The lowest BCUT2D eigenvalue weighted by atomic mass is 10.1. The molecule has 0 aliphatic rings. The third-order valence-corrected chi connectivity index (χ3v) is 2.96. The van der Waals surface area contributed by atoms with E-state index in [1.54, 1.807) is 19.2 Å². The van der Waals surface area contributed by atoms with E-state index in [0.717, 1.165) is 0 Å². The lowest BCUT2D eigenvalue weighted by molar-refractivity contribution is 0.281. The lowest BCUT2D eigenvalue weighted by Crippen LogP contribution is -2.09. The lowest BCUT2D eigenvalue weighted by Gasteiger charge is -2.12. The fourth-order valence-electron chi connectivity index (χ4n) is 1.95. The topological polar surface area (TPSA) is 45.0 Å². The van der Waals surface area contributed by atoms with Gasteiger partial charge in [-0.25, -0.2) is 8.78 Å². The second kappa shape index (κ2) is 6.82. The molecular formula is C16H14F2N2O. The van der Waals surface area contributed by atoms with Crippen molar-refractivity contribution in [3.05, 3.63) is 64.7 Å². The molecule has 0 heterocycles. The maximum Gasteiger partial charge on any atom is 0.165 e. The van der Waals surface area contributed by atoms with Crippen LogP contribution in [0.3, 0.4) is 0 Å². The Morgan fingerprint density at radius 3 is 2.67 bits per heavy atom. The summed E-state index contributed by atoms with van der Waals surface area (Å²) in [6.07, 6.45) is 0. The Morgan fingerprint density at radius 2 is 1.95 bits per heavy atom. The molecule has 3 nitrogen and oxygen atoms in total. The summed E-state index contributed by atoms with van der Waals surface area (Å²) in [6, 6.07) is 10.5. The summed E-state index contributed by atoms with van der Waals surface area (Å²) in [4.78, 5) is 0. The zero-order valence-electron chi connectivity index (χ0n) is 11.5. The van der Waals surface area contributed by atoms with Crippen molar-refractivity contribution in [2.24, 2.45) is 0 Å². The van der Waals surface area contributed by atoms with Crippen molar-refractivity contribution in [2.45, 2.75) is 13.2 Å². The van der Waals surface area contributed by atoms with E-state index in [1.165, 1.54) is 24.3 Å². The van der Waals surface area contributed by atoms with Crippen LogP contribution in [0.5, 0.6) is 5.75 Å². The minimum Gasteiger partial charge on any atom is -0.485 e. The number of halogens is 2. The molecule has 108 valence electrons. The smallest absolute Gasteiger partial charge is 0.165 e. The monoisotopic (exact) mass is 288 g/mol. The molecule has 0 saturated heterocycles. The summed E-state index contributed by atoms with van der Waals surface area (Å²) < 4.78 is 32.9. The molecule has 2 rings (SSSR count). The number of ether oxygens (including phenoxy) is 1. The van der Waals surface area contributed by atoms with E-state index < -0.39 is 11.6 Å². The molecular weight excluding hydrogens is 274 g/mol. The Morgan fingerprint density at radius 1 is 1.14 bits per heavy atom. The summed E-state index contributed by atoms with van der Waals surface area (Å²) >= 11 is 0. The molecule has 5 heteroatoms. The van der Waals surface area contributed by atoms with Gasteiger partial charge in [0.2, 0.25) is 0 Å². The van der Waals surface area contributed by atoms with Gasteiger partial charge in [-0.15, -0.1) is 0 Å². The highest BCUT2D eigenvalue weighted by molar-refractivity contribution is 5.36. The van der Waals surface area contributed by atoms with Crippen LogP contribution in [0.1, 0.15) is 16.7 Å². The molecule has 2 aromatic rings. The van der Waals surface area contributed by atoms with Crippen molar-refractivity contribution < 1.29 is 13.5 Å². The SMILES string of the molecule is CNCc1cccc(F)c1OCc1cc(C#N)ccc1F. The van der Waals surface area contributed by atoms with Gasteiger partial charge in [-0.2, -0.15) is 5.26 Å². The molecule has 21 heavy (non-hydrogen) atoms. The summed E-state index contributed by atoms with van der Waals surface area (Å²) in [5, 5.41) is 11.7. The molecule has 0 aromatic heterocycles. The van der Waals surface area contributed by atoms with E-state index in [-0.39, 0.29) is 17.9 Å². The van der Waals surface area contributed by atoms with Gasteiger partial charge in [0.1, 0.15) is 12.4 Å². The summed E-state index contributed by atoms with van der Waals surface area (Å²) in [7, 11) is 1.74. The van der Waals surface area contributed by atoms with Gasteiger partial charge in [0.05, 0.1) is 11.6 Å². The molecule has 0 unspecified atom stereocenters. The minimum atomic E-state index is -0.500. The third kappa shape index (κ3) is 3.56. The third-order valence-electron chi connectivity index (χ3n) is 2.96. The van der Waals surface area contributed by atoms with Crippen molar-refractivity contribution in [3.63, 3.8) is 0 Å². The molecule has 0 atom stereocenters. The first-order valence-electron chi connectivity index (χ1n) is 6.39. The van der Waals surface area contributed by atoms with Crippen molar-refractivity contribution >= 4 is 0 Å². The highest BCUT2D eigenvalue weighted by atomic mass is 19.1. The van der Waals surface area contributed by atoms with Crippen LogP contribution in [0.15, 0.2) is 36.4 Å². The molecule has 0 spiro atoms. The normalized spacial score (nSPS) is 10.2. The number of benzene rings is 2. The van der Waals surface area contributed by atoms with Crippen LogP contribution in [0.2, 0.25) is 0 Å². The van der Waals surface area contributed by atoms with Gasteiger partial charge < -0.3 is 10.1 Å². The molecule has 0 saturated carbocycles. The predicted molar refractivity (Wildman–Crippen MR) is 74.6 cm³/mol. The zero-order chi connectivity index (χ0) is 15.2. The van der Waals surface area contributed by atoms with E-state index in [2.05, 4.69) is 5.32 Å². The van der Waals surface area contributed by atoms with Crippen LogP contribution >= 0.6 is 0 Å². The number of rotatable bonds is 5. The average molecular weight is 288 g/mol. The second-order valence-electron chi connectivity index (χ2n) is 4.47. The number of para-hydroxylation sites is 1. The average Bonchev–Trinajstić information content (AvgIpc) is 2.48. The van der Waals surface area contributed by atoms with E-state index in [1.807, 2.05) is 6.07 Å². The summed E-state index contributed by atoms with van der Waals surface area (Å²) in [5.41, 5.74) is 1.20. The number of nitrogens with one attached hydrogen (secondary N) is 1. The van der Waals surface area contributed by atoms with Crippen LogP contribution in [0.25, 0.3) is 0 Å². The van der Waals surface area contributed by atoms with Crippen LogP contribution in [-0.2, 0) is 13.2 Å². The second-order valence-corrected chi connectivity index (χ2v) is 4.47. The predicted octanol–water partition coefficient (Wildman–Crippen LogP) is 3.13. The Hall–Kier alpha value is -2.45. The molecule has 1 N–H and O–H groups in total. The first-order valence-corrected chi connectivity index (χ1v) is 6.39. The first-order chi connectivity index (χ1) is 10.2. The molecule has 0 fully saturated rings. The van der Waals surface area contributed by atoms with E-state index in [4.69, 9.17) is 10.00 Å². The minimum absolute atomic E-state index is 0.0913. The maximum atomic E-state index is 13.8. The Bertz CT molecular complexity index is 680. The van der Waals surface area contributed by atoms with Crippen molar-refractivity contribution in [3.8, 4) is 11.8 Å². The van der Waals surface area contributed by atoms with E-state index >= 15 is 0 Å². The molecule has 2 aromatic carbocycles. The van der Waals surface area contributed by atoms with Crippen LogP contribution < -0.4 is 10.1 Å². The Kier molecular flexibility index (Phi) is 4.85. The van der Waals surface area contributed by atoms with Gasteiger partial charge in [0.25, 0.3) is 0 Å². The van der Waals surface area contributed by atoms with Gasteiger partial charge >= 0.3 is 0 Å². The van der Waals surface area contributed by atoms with E-state index in [9.17, 15) is 8.78 Å². The molecule has 0 bridgehead atoms. The largest absolute Gasteiger partial charge is 0.485 e. The standard InChI is InChI=1S/C16H14F2N2O/c1-20-9-12-3-2-4-15(18)16(12)21-10-13-7-11(8-19)5-6-14(13)17/h2-7,20H,9-10H2,1H3. The van der Waals surface area contributed by atoms with E-state index in [0.29, 0.717) is 17.7 Å². The number of nitrogens with zero attached hydrogens (tertiary/aromatic N) is 1. The fourth-order valence-corrected chi connectivity index (χ4v) is 1.95. The summed E-state index contributed by atoms with van der Waals surface area (Å²) in [6.45, 7) is 0.298. The first kappa shape index (κ1) is 14.9. The van der Waals surface area contributed by atoms with Crippen molar-refractivity contribution in [1.29, 1.82) is 5.26 Å². The highest BCUT2D eigenvalue weighted by Crippen LogP contribution is 2.24. The Labute approximate surface area is 121 Å².